The zero-order valence-electron chi connectivity index (χ0n) is 7.42. The van der Waals surface area contributed by atoms with Gasteiger partial charge in [-0.2, -0.15) is 5.10 Å². The number of carbonyl (C=O) groups is 1. The summed E-state index contributed by atoms with van der Waals surface area (Å²) in [6, 6.07) is 6.84. The van der Waals surface area contributed by atoms with E-state index in [0.717, 1.165) is 6.29 Å². The SMILES string of the molecule is Nc1cccc(C=O)c1.c1nc[nH]n1. The first-order chi connectivity index (χ1) is 6.83. The van der Waals surface area contributed by atoms with Crippen molar-refractivity contribution in [2.45, 2.75) is 0 Å². The first-order valence-corrected chi connectivity index (χ1v) is 3.92. The molecule has 0 bridgehead atoms. The lowest BCUT2D eigenvalue weighted by molar-refractivity contribution is 0.112. The molecule has 0 unspecified atom stereocenters. The van der Waals surface area contributed by atoms with Gasteiger partial charge in [-0.05, 0) is 12.1 Å². The van der Waals surface area contributed by atoms with E-state index < -0.39 is 0 Å². The van der Waals surface area contributed by atoms with Gasteiger partial charge in [0, 0.05) is 11.3 Å². The van der Waals surface area contributed by atoms with E-state index in [1.54, 1.807) is 24.3 Å². The van der Waals surface area contributed by atoms with Crippen LogP contribution in [0.3, 0.4) is 0 Å². The quantitative estimate of drug-likeness (QED) is 0.516. The summed E-state index contributed by atoms with van der Waals surface area (Å²) in [5.41, 5.74) is 6.62. The van der Waals surface area contributed by atoms with Crippen LogP contribution in [0.15, 0.2) is 36.9 Å². The maximum Gasteiger partial charge on any atom is 0.150 e. The van der Waals surface area contributed by atoms with Crippen LogP contribution in [0, 0.1) is 0 Å². The average molecular weight is 190 g/mol. The van der Waals surface area contributed by atoms with Crippen LogP contribution in [0.5, 0.6) is 0 Å². The van der Waals surface area contributed by atoms with E-state index in [0.29, 0.717) is 11.3 Å². The molecule has 0 aliphatic carbocycles. The van der Waals surface area contributed by atoms with Crippen molar-refractivity contribution in [3.05, 3.63) is 42.5 Å². The van der Waals surface area contributed by atoms with Crippen LogP contribution in [-0.2, 0) is 0 Å². The first-order valence-electron chi connectivity index (χ1n) is 3.92. The van der Waals surface area contributed by atoms with Crippen molar-refractivity contribution in [3.63, 3.8) is 0 Å². The highest BCUT2D eigenvalue weighted by Crippen LogP contribution is 2.02. The highest BCUT2D eigenvalue weighted by Gasteiger charge is 1.86. The average Bonchev–Trinajstić information content (AvgIpc) is 2.75. The number of nitrogens with one attached hydrogen (secondary N) is 1. The maximum atomic E-state index is 10.1. The number of aromatic amines is 1. The van der Waals surface area contributed by atoms with Crippen LogP contribution in [0.1, 0.15) is 10.4 Å². The minimum Gasteiger partial charge on any atom is -0.399 e. The number of hydrogen-bond donors (Lipinski definition) is 2. The number of carbonyl (C=O) groups excluding carboxylic acids is 1. The largest absolute Gasteiger partial charge is 0.399 e. The molecule has 2 rings (SSSR count). The predicted octanol–water partition coefficient (Wildman–Crippen LogP) is 0.886. The molecule has 0 fully saturated rings. The van der Waals surface area contributed by atoms with E-state index in [2.05, 4.69) is 15.2 Å². The third-order valence-electron chi connectivity index (χ3n) is 1.38. The lowest BCUT2D eigenvalue weighted by Crippen LogP contribution is -1.85. The number of nitrogen functional groups attached to an aromatic ring is 1. The Bertz CT molecular complexity index is 355. The molecule has 0 saturated carbocycles. The molecule has 1 aromatic heterocycles. The van der Waals surface area contributed by atoms with Gasteiger partial charge in [-0.25, -0.2) is 4.98 Å². The molecule has 1 aromatic carbocycles. The zero-order chi connectivity index (χ0) is 10.2. The number of benzene rings is 1. The summed E-state index contributed by atoms with van der Waals surface area (Å²) in [5, 5.41) is 5.99. The Morgan fingerprint density at radius 1 is 1.43 bits per heavy atom. The first kappa shape index (κ1) is 9.91. The van der Waals surface area contributed by atoms with Crippen molar-refractivity contribution in [2.24, 2.45) is 0 Å². The van der Waals surface area contributed by atoms with Gasteiger partial charge in [0.2, 0.25) is 0 Å². The Hall–Kier alpha value is -2.17. The van der Waals surface area contributed by atoms with Crippen molar-refractivity contribution < 1.29 is 4.79 Å². The summed E-state index contributed by atoms with van der Waals surface area (Å²) >= 11 is 0. The van der Waals surface area contributed by atoms with Gasteiger partial charge in [0.1, 0.15) is 18.9 Å². The van der Waals surface area contributed by atoms with Crippen molar-refractivity contribution in [1.29, 1.82) is 0 Å². The van der Waals surface area contributed by atoms with Crippen LogP contribution >= 0.6 is 0 Å². The fraction of sp³-hybridized carbons (Fsp3) is 0. The van der Waals surface area contributed by atoms with Crippen molar-refractivity contribution in [3.8, 4) is 0 Å². The van der Waals surface area contributed by atoms with Crippen LogP contribution in [0.25, 0.3) is 0 Å². The smallest absolute Gasteiger partial charge is 0.150 e. The Morgan fingerprint density at radius 3 is 2.64 bits per heavy atom. The Morgan fingerprint density at radius 2 is 2.29 bits per heavy atom. The summed E-state index contributed by atoms with van der Waals surface area (Å²) in [5.74, 6) is 0. The fourth-order valence-electron chi connectivity index (χ4n) is 0.799. The van der Waals surface area contributed by atoms with Crippen LogP contribution < -0.4 is 5.73 Å². The highest BCUT2D eigenvalue weighted by atomic mass is 16.1. The van der Waals surface area contributed by atoms with Crippen LogP contribution in [0.2, 0.25) is 0 Å². The number of H-pyrrole nitrogens is 1. The summed E-state index contributed by atoms with van der Waals surface area (Å²) in [4.78, 5) is 13.7. The Labute approximate surface area is 81.0 Å². The lowest BCUT2D eigenvalue weighted by atomic mass is 10.2. The third kappa shape index (κ3) is 3.48. The molecule has 0 amide bonds. The van der Waals surface area contributed by atoms with Crippen LogP contribution in [0.4, 0.5) is 5.69 Å². The third-order valence-corrected chi connectivity index (χ3v) is 1.38. The molecule has 0 radical (unpaired) electrons. The molecule has 1 heterocycles. The number of aromatic nitrogens is 3. The number of nitrogens with zero attached hydrogens (tertiary/aromatic N) is 2. The van der Waals surface area contributed by atoms with Gasteiger partial charge in [-0.3, -0.25) is 9.89 Å². The molecule has 0 aliphatic rings. The number of anilines is 1. The monoisotopic (exact) mass is 190 g/mol. The van der Waals surface area contributed by atoms with E-state index >= 15 is 0 Å². The maximum absolute atomic E-state index is 10.1. The minimum absolute atomic E-state index is 0.620. The van der Waals surface area contributed by atoms with Gasteiger partial charge >= 0.3 is 0 Å². The number of nitrogens with two attached hydrogens (primary N) is 1. The van der Waals surface area contributed by atoms with Crippen molar-refractivity contribution >= 4 is 12.0 Å². The molecule has 5 nitrogen and oxygen atoms in total. The van der Waals surface area contributed by atoms with E-state index in [-0.39, 0.29) is 0 Å². The van der Waals surface area contributed by atoms with Crippen LogP contribution in [-0.4, -0.2) is 21.5 Å². The van der Waals surface area contributed by atoms with Gasteiger partial charge in [-0.1, -0.05) is 12.1 Å². The molecular formula is C9H10N4O. The van der Waals surface area contributed by atoms with E-state index in [9.17, 15) is 4.79 Å². The van der Waals surface area contributed by atoms with Crippen molar-refractivity contribution in [1.82, 2.24) is 15.2 Å². The van der Waals surface area contributed by atoms with Gasteiger partial charge in [-0.15, -0.1) is 0 Å². The molecule has 0 saturated heterocycles. The number of rotatable bonds is 1. The molecule has 0 spiro atoms. The molecule has 0 aliphatic heterocycles. The van der Waals surface area contributed by atoms with E-state index in [4.69, 9.17) is 5.73 Å². The Balaban J connectivity index is 0.000000165. The van der Waals surface area contributed by atoms with Gasteiger partial charge < -0.3 is 5.73 Å². The molecule has 0 atom stereocenters. The minimum atomic E-state index is 0.620. The molecular weight excluding hydrogens is 180 g/mol. The fourth-order valence-corrected chi connectivity index (χ4v) is 0.799. The molecule has 3 N–H and O–H groups in total. The molecule has 5 heteroatoms. The van der Waals surface area contributed by atoms with E-state index in [1.807, 2.05) is 0 Å². The molecule has 14 heavy (non-hydrogen) atoms. The second kappa shape index (κ2) is 5.47. The zero-order valence-corrected chi connectivity index (χ0v) is 7.42. The summed E-state index contributed by atoms with van der Waals surface area (Å²) in [7, 11) is 0. The summed E-state index contributed by atoms with van der Waals surface area (Å²) < 4.78 is 0. The second-order valence-corrected chi connectivity index (χ2v) is 2.44. The number of hydrogen-bond acceptors (Lipinski definition) is 4. The molecule has 72 valence electrons. The lowest BCUT2D eigenvalue weighted by Gasteiger charge is -1.90. The highest BCUT2D eigenvalue weighted by molar-refractivity contribution is 5.76. The normalized spacial score (nSPS) is 8.57. The van der Waals surface area contributed by atoms with Crippen molar-refractivity contribution in [2.75, 3.05) is 5.73 Å². The Kier molecular flexibility index (Phi) is 3.87. The summed E-state index contributed by atoms with van der Waals surface area (Å²) in [6.07, 6.45) is 3.73. The molecule has 2 aromatic rings. The van der Waals surface area contributed by atoms with Gasteiger partial charge in [0.05, 0.1) is 0 Å². The van der Waals surface area contributed by atoms with Gasteiger partial charge in [0.15, 0.2) is 0 Å². The standard InChI is InChI=1S/C7H7NO.C2H3N3/c8-7-3-1-2-6(4-7)5-9;1-3-2-5-4-1/h1-5H,8H2;1-2H,(H,3,4,5). The predicted molar refractivity (Wildman–Crippen MR) is 52.6 cm³/mol. The van der Waals surface area contributed by atoms with E-state index in [1.165, 1.54) is 12.7 Å². The summed E-state index contributed by atoms with van der Waals surface area (Å²) in [6.45, 7) is 0. The second-order valence-electron chi connectivity index (χ2n) is 2.44. The number of aldehydes is 1. The van der Waals surface area contributed by atoms with Gasteiger partial charge in [0.25, 0.3) is 0 Å². The topological polar surface area (TPSA) is 84.7 Å².